The molecule has 0 unspecified atom stereocenters. The van der Waals surface area contributed by atoms with Crippen molar-refractivity contribution in [2.75, 3.05) is 5.32 Å². The van der Waals surface area contributed by atoms with Crippen molar-refractivity contribution >= 4 is 23.4 Å². The Morgan fingerprint density at radius 1 is 1.29 bits per heavy atom. The molecule has 1 aromatic rings. The van der Waals surface area contributed by atoms with Crippen LogP contribution >= 0.6 is 0 Å². The second-order valence-electron chi connectivity index (χ2n) is 4.38. The highest BCUT2D eigenvalue weighted by Gasteiger charge is 2.18. The van der Waals surface area contributed by atoms with Crippen LogP contribution in [0.5, 0.6) is 0 Å². The number of nitrogens with zero attached hydrogens (tertiary/aromatic N) is 1. The number of rotatable bonds is 6. The van der Waals surface area contributed by atoms with Crippen LogP contribution in [-0.2, 0) is 9.59 Å². The van der Waals surface area contributed by atoms with Gasteiger partial charge < -0.3 is 16.4 Å². The Hall–Kier alpha value is -2.88. The Kier molecular flexibility index (Phi) is 5.89. The number of hydrogen-bond donors (Lipinski definition) is 3. The van der Waals surface area contributed by atoms with Crippen molar-refractivity contribution in [3.8, 4) is 6.07 Å². The Labute approximate surface area is 122 Å². The Morgan fingerprint density at radius 3 is 2.38 bits per heavy atom. The van der Waals surface area contributed by atoms with E-state index in [-0.39, 0.29) is 18.7 Å². The first-order valence-corrected chi connectivity index (χ1v) is 6.29. The van der Waals surface area contributed by atoms with E-state index in [1.54, 1.807) is 12.1 Å². The first-order chi connectivity index (χ1) is 9.93. The number of anilines is 1. The van der Waals surface area contributed by atoms with E-state index in [2.05, 4.69) is 10.6 Å². The van der Waals surface area contributed by atoms with Gasteiger partial charge in [0.25, 0.3) is 5.91 Å². The molecule has 1 atom stereocenters. The van der Waals surface area contributed by atoms with Crippen LogP contribution in [0.15, 0.2) is 24.3 Å². The fourth-order valence-corrected chi connectivity index (χ4v) is 1.64. The molecule has 0 spiro atoms. The molecule has 0 aliphatic rings. The Morgan fingerprint density at radius 2 is 1.90 bits per heavy atom. The molecule has 7 heteroatoms. The molecule has 1 rings (SSSR count). The molecule has 0 aliphatic carbocycles. The summed E-state index contributed by atoms with van der Waals surface area (Å²) in [5, 5.41) is 13.6. The van der Waals surface area contributed by atoms with E-state index >= 15 is 0 Å². The maximum atomic E-state index is 12.0. The number of nitrogens with one attached hydrogen (secondary N) is 2. The molecule has 0 saturated heterocycles. The molecule has 3 amide bonds. The van der Waals surface area contributed by atoms with Crippen LogP contribution in [0.3, 0.4) is 0 Å². The lowest BCUT2D eigenvalue weighted by atomic mass is 10.1. The highest BCUT2D eigenvalue weighted by molar-refractivity contribution is 5.98. The fraction of sp³-hybridized carbons (Fsp3) is 0.286. The third-order valence-electron chi connectivity index (χ3n) is 2.66. The minimum absolute atomic E-state index is 0.120. The zero-order valence-corrected chi connectivity index (χ0v) is 11.6. The zero-order chi connectivity index (χ0) is 15.8. The van der Waals surface area contributed by atoms with Gasteiger partial charge in [0.15, 0.2) is 0 Å². The fourth-order valence-electron chi connectivity index (χ4n) is 1.64. The van der Waals surface area contributed by atoms with Crippen LogP contribution in [-0.4, -0.2) is 23.8 Å². The second-order valence-corrected chi connectivity index (χ2v) is 4.38. The minimum atomic E-state index is -0.882. The molecule has 0 radical (unpaired) electrons. The van der Waals surface area contributed by atoms with Crippen molar-refractivity contribution in [3.63, 3.8) is 0 Å². The molecule has 0 heterocycles. The third-order valence-corrected chi connectivity index (χ3v) is 2.66. The summed E-state index contributed by atoms with van der Waals surface area (Å²) in [6.07, 6.45) is 0.289. The van der Waals surface area contributed by atoms with E-state index in [1.165, 1.54) is 19.1 Å². The first kappa shape index (κ1) is 16.2. The third kappa shape index (κ3) is 5.32. The molecule has 0 aliphatic heterocycles. The monoisotopic (exact) mass is 288 g/mol. The number of carbonyl (C=O) groups excluding carboxylic acids is 3. The normalized spacial score (nSPS) is 11.0. The minimum Gasteiger partial charge on any atom is -0.368 e. The molecule has 110 valence electrons. The summed E-state index contributed by atoms with van der Waals surface area (Å²) in [6.45, 7) is 1.38. The lowest BCUT2D eigenvalue weighted by molar-refractivity contribution is -0.120. The molecule has 7 nitrogen and oxygen atoms in total. The van der Waals surface area contributed by atoms with Crippen molar-refractivity contribution < 1.29 is 14.4 Å². The summed E-state index contributed by atoms with van der Waals surface area (Å²) in [6, 6.07) is 7.19. The maximum absolute atomic E-state index is 12.0. The van der Waals surface area contributed by atoms with Gasteiger partial charge in [-0.25, -0.2) is 0 Å². The van der Waals surface area contributed by atoms with Gasteiger partial charge in [0.2, 0.25) is 11.8 Å². The van der Waals surface area contributed by atoms with Gasteiger partial charge in [-0.1, -0.05) is 0 Å². The summed E-state index contributed by atoms with van der Waals surface area (Å²) in [5.74, 6) is -1.36. The summed E-state index contributed by atoms with van der Waals surface area (Å²) in [5.41, 5.74) is 6.06. The Bertz CT molecular complexity index is 575. The number of carbonyl (C=O) groups is 3. The number of primary amides is 1. The predicted molar refractivity (Wildman–Crippen MR) is 76.0 cm³/mol. The smallest absolute Gasteiger partial charge is 0.251 e. The highest BCUT2D eigenvalue weighted by Crippen LogP contribution is 2.10. The standard InChI is InChI=1S/C14H16N4O3/c1-9(19)17-11-6-4-10(5-7-11)14(21)18-12(13(16)20)3-2-8-15/h4-7,12H,2-3H2,1H3,(H2,16,20)(H,17,19)(H,18,21)/t12-/m1/s1. The summed E-state index contributed by atoms with van der Waals surface area (Å²) in [7, 11) is 0. The quantitative estimate of drug-likeness (QED) is 0.706. The van der Waals surface area contributed by atoms with Crippen LogP contribution in [0.25, 0.3) is 0 Å². The van der Waals surface area contributed by atoms with Gasteiger partial charge in [-0.15, -0.1) is 0 Å². The van der Waals surface area contributed by atoms with Gasteiger partial charge in [0.05, 0.1) is 6.07 Å². The van der Waals surface area contributed by atoms with Crippen molar-refractivity contribution in [2.45, 2.75) is 25.8 Å². The molecule has 21 heavy (non-hydrogen) atoms. The number of benzene rings is 1. The summed E-state index contributed by atoms with van der Waals surface area (Å²) < 4.78 is 0. The van der Waals surface area contributed by atoms with Gasteiger partial charge in [-0.3, -0.25) is 14.4 Å². The van der Waals surface area contributed by atoms with Gasteiger partial charge >= 0.3 is 0 Å². The lowest BCUT2D eigenvalue weighted by Gasteiger charge is -2.14. The maximum Gasteiger partial charge on any atom is 0.251 e. The van der Waals surface area contributed by atoms with E-state index in [0.29, 0.717) is 11.3 Å². The molecule has 4 N–H and O–H groups in total. The average molecular weight is 288 g/mol. The molecular formula is C14H16N4O3. The number of nitriles is 1. The average Bonchev–Trinajstić information content (AvgIpc) is 2.43. The van der Waals surface area contributed by atoms with E-state index in [9.17, 15) is 14.4 Å². The van der Waals surface area contributed by atoms with E-state index in [0.717, 1.165) is 0 Å². The lowest BCUT2D eigenvalue weighted by Crippen LogP contribution is -2.44. The van der Waals surface area contributed by atoms with Gasteiger partial charge in [0.1, 0.15) is 6.04 Å². The SMILES string of the molecule is CC(=O)Nc1ccc(C(=O)N[C@H](CCC#N)C(N)=O)cc1. The van der Waals surface area contributed by atoms with Crippen LogP contribution in [0.1, 0.15) is 30.1 Å². The predicted octanol–water partition coefficient (Wildman–Crippen LogP) is 0.532. The summed E-state index contributed by atoms with van der Waals surface area (Å²) >= 11 is 0. The van der Waals surface area contributed by atoms with Crippen molar-refractivity contribution in [1.29, 1.82) is 5.26 Å². The molecule has 1 aromatic carbocycles. The van der Waals surface area contributed by atoms with Crippen LogP contribution in [0, 0.1) is 11.3 Å². The zero-order valence-electron chi connectivity index (χ0n) is 11.6. The first-order valence-electron chi connectivity index (χ1n) is 6.29. The van der Waals surface area contributed by atoms with E-state index < -0.39 is 17.9 Å². The molecule has 0 aromatic heterocycles. The Balaban J connectivity index is 2.71. The van der Waals surface area contributed by atoms with E-state index in [4.69, 9.17) is 11.0 Å². The number of nitrogens with two attached hydrogens (primary N) is 1. The number of hydrogen-bond acceptors (Lipinski definition) is 4. The molecule has 0 saturated carbocycles. The van der Waals surface area contributed by atoms with Gasteiger partial charge in [0, 0.05) is 24.6 Å². The van der Waals surface area contributed by atoms with Crippen LogP contribution in [0.4, 0.5) is 5.69 Å². The van der Waals surface area contributed by atoms with Crippen LogP contribution in [0.2, 0.25) is 0 Å². The molecule has 0 fully saturated rings. The number of amides is 3. The largest absolute Gasteiger partial charge is 0.368 e. The van der Waals surface area contributed by atoms with Gasteiger partial charge in [-0.05, 0) is 30.7 Å². The van der Waals surface area contributed by atoms with Gasteiger partial charge in [-0.2, -0.15) is 5.26 Å². The molecular weight excluding hydrogens is 272 g/mol. The van der Waals surface area contributed by atoms with Crippen molar-refractivity contribution in [2.24, 2.45) is 5.73 Å². The second kappa shape index (κ2) is 7.65. The van der Waals surface area contributed by atoms with E-state index in [1.807, 2.05) is 6.07 Å². The van der Waals surface area contributed by atoms with Crippen LogP contribution < -0.4 is 16.4 Å². The highest BCUT2D eigenvalue weighted by atomic mass is 16.2. The summed E-state index contributed by atoms with van der Waals surface area (Å²) in [4.78, 5) is 34.0. The van der Waals surface area contributed by atoms with Crippen molar-refractivity contribution in [3.05, 3.63) is 29.8 Å². The molecule has 0 bridgehead atoms. The topological polar surface area (TPSA) is 125 Å². The van der Waals surface area contributed by atoms with Crippen molar-refractivity contribution in [1.82, 2.24) is 5.32 Å².